The van der Waals surface area contributed by atoms with Crippen molar-refractivity contribution in [2.75, 3.05) is 5.32 Å². The summed E-state index contributed by atoms with van der Waals surface area (Å²) in [4.78, 5) is 27.8. The van der Waals surface area contributed by atoms with Crippen molar-refractivity contribution >= 4 is 39.9 Å². The Balaban J connectivity index is 1.86. The first-order valence-electron chi connectivity index (χ1n) is 7.84. The summed E-state index contributed by atoms with van der Waals surface area (Å²) in [7, 11) is 0. The summed E-state index contributed by atoms with van der Waals surface area (Å²) in [5.41, 5.74) is 9.01. The second-order valence-electron chi connectivity index (χ2n) is 5.86. The van der Waals surface area contributed by atoms with Crippen LogP contribution in [0.3, 0.4) is 0 Å². The summed E-state index contributed by atoms with van der Waals surface area (Å²) in [6.45, 7) is 3.99. The molecule has 0 aliphatic rings. The zero-order valence-corrected chi connectivity index (χ0v) is 15.8. The number of hydrogen-bond acceptors (Lipinski definition) is 4. The smallest absolute Gasteiger partial charge is 0.259 e. The fourth-order valence-electron chi connectivity index (χ4n) is 2.69. The van der Waals surface area contributed by atoms with E-state index in [2.05, 4.69) is 10.3 Å². The van der Waals surface area contributed by atoms with E-state index in [1.54, 1.807) is 17.5 Å². The SMILES string of the molecule is Cc1ccc(C)n1-c1ccc(Cl)c(C(=O)Nc2nc(CC(N)=O)cs2)c1. The number of aryl methyl sites for hydroxylation is 2. The maximum Gasteiger partial charge on any atom is 0.259 e. The summed E-state index contributed by atoms with van der Waals surface area (Å²) in [6.07, 6.45) is 0.0365. The maximum atomic E-state index is 12.6. The van der Waals surface area contributed by atoms with Crippen molar-refractivity contribution in [1.29, 1.82) is 0 Å². The molecule has 6 nitrogen and oxygen atoms in total. The maximum absolute atomic E-state index is 12.6. The van der Waals surface area contributed by atoms with E-state index in [-0.39, 0.29) is 12.3 Å². The number of anilines is 1. The fourth-order valence-corrected chi connectivity index (χ4v) is 3.60. The number of amides is 2. The molecule has 0 atom stereocenters. The van der Waals surface area contributed by atoms with E-state index in [0.717, 1.165) is 17.1 Å². The largest absolute Gasteiger partial charge is 0.369 e. The standard InChI is InChI=1S/C18H17ClN4O2S/c1-10-3-4-11(2)23(10)13-5-6-15(19)14(8-13)17(25)22-18-21-12(9-26-18)7-16(20)24/h3-6,8-9H,7H2,1-2H3,(H2,20,24)(H,21,22,25). The van der Waals surface area contributed by atoms with Crippen LogP contribution in [0.25, 0.3) is 5.69 Å². The fraction of sp³-hybridized carbons (Fsp3) is 0.167. The van der Waals surface area contributed by atoms with Gasteiger partial charge in [-0.1, -0.05) is 11.6 Å². The Morgan fingerprint density at radius 1 is 1.23 bits per heavy atom. The molecule has 0 radical (unpaired) electrons. The quantitative estimate of drug-likeness (QED) is 0.701. The lowest BCUT2D eigenvalue weighted by atomic mass is 10.1. The van der Waals surface area contributed by atoms with E-state index in [4.69, 9.17) is 17.3 Å². The van der Waals surface area contributed by atoms with Crippen molar-refractivity contribution in [3.63, 3.8) is 0 Å². The zero-order valence-electron chi connectivity index (χ0n) is 14.2. The lowest BCUT2D eigenvalue weighted by molar-refractivity contribution is -0.117. The number of rotatable bonds is 5. The molecule has 0 saturated heterocycles. The van der Waals surface area contributed by atoms with Crippen molar-refractivity contribution in [1.82, 2.24) is 9.55 Å². The van der Waals surface area contributed by atoms with Crippen LogP contribution in [-0.4, -0.2) is 21.4 Å². The molecule has 3 aromatic rings. The number of thiazole rings is 1. The van der Waals surface area contributed by atoms with Gasteiger partial charge >= 0.3 is 0 Å². The van der Waals surface area contributed by atoms with Crippen LogP contribution in [-0.2, 0) is 11.2 Å². The number of primary amides is 1. The van der Waals surface area contributed by atoms with Crippen molar-refractivity contribution < 1.29 is 9.59 Å². The number of hydrogen-bond donors (Lipinski definition) is 2. The van der Waals surface area contributed by atoms with Gasteiger partial charge < -0.3 is 10.3 Å². The van der Waals surface area contributed by atoms with Crippen LogP contribution in [0.5, 0.6) is 0 Å². The lowest BCUT2D eigenvalue weighted by Crippen LogP contribution is -2.15. The molecular weight excluding hydrogens is 372 g/mol. The molecular formula is C18H17ClN4O2S. The third kappa shape index (κ3) is 3.79. The Morgan fingerprint density at radius 3 is 2.58 bits per heavy atom. The topological polar surface area (TPSA) is 90.0 Å². The molecule has 0 aliphatic heterocycles. The monoisotopic (exact) mass is 388 g/mol. The molecule has 0 fully saturated rings. The first kappa shape index (κ1) is 18.2. The minimum Gasteiger partial charge on any atom is -0.369 e. The van der Waals surface area contributed by atoms with Crippen molar-refractivity contribution in [2.45, 2.75) is 20.3 Å². The normalized spacial score (nSPS) is 10.7. The van der Waals surface area contributed by atoms with Crippen molar-refractivity contribution in [3.8, 4) is 5.69 Å². The van der Waals surface area contributed by atoms with Crippen molar-refractivity contribution in [3.05, 3.63) is 63.4 Å². The van der Waals surface area contributed by atoms with Gasteiger partial charge in [-0.2, -0.15) is 0 Å². The highest BCUT2D eigenvalue weighted by atomic mass is 35.5. The average molecular weight is 389 g/mol. The average Bonchev–Trinajstić information content (AvgIpc) is 3.14. The van der Waals surface area contributed by atoms with E-state index in [0.29, 0.717) is 21.4 Å². The van der Waals surface area contributed by atoms with E-state index in [1.807, 2.05) is 36.6 Å². The Morgan fingerprint density at radius 2 is 1.92 bits per heavy atom. The molecule has 0 unspecified atom stereocenters. The number of nitrogens with two attached hydrogens (primary N) is 1. The first-order valence-corrected chi connectivity index (χ1v) is 9.10. The van der Waals surface area contributed by atoms with Crippen LogP contribution >= 0.6 is 22.9 Å². The van der Waals surface area contributed by atoms with Gasteiger partial charge in [-0.05, 0) is 44.2 Å². The Hall–Kier alpha value is -2.64. The summed E-state index contributed by atoms with van der Waals surface area (Å²) in [5.74, 6) is -0.833. The molecule has 2 aromatic heterocycles. The van der Waals surface area contributed by atoms with Gasteiger partial charge in [0, 0.05) is 22.5 Å². The summed E-state index contributed by atoms with van der Waals surface area (Å²) in [5, 5.41) is 5.14. The van der Waals surface area contributed by atoms with Gasteiger partial charge in [0.25, 0.3) is 5.91 Å². The Kier molecular flexibility index (Phi) is 5.11. The molecule has 0 saturated carbocycles. The van der Waals surface area contributed by atoms with Crippen LogP contribution in [0.4, 0.5) is 5.13 Å². The molecule has 3 N–H and O–H groups in total. The van der Waals surface area contributed by atoms with E-state index >= 15 is 0 Å². The van der Waals surface area contributed by atoms with Gasteiger partial charge in [-0.25, -0.2) is 4.98 Å². The number of carbonyl (C=O) groups excluding carboxylic acids is 2. The number of aromatic nitrogens is 2. The molecule has 3 rings (SSSR count). The molecule has 2 amide bonds. The number of halogens is 1. The van der Waals surface area contributed by atoms with Gasteiger partial charge in [-0.15, -0.1) is 11.3 Å². The highest BCUT2D eigenvalue weighted by molar-refractivity contribution is 7.14. The van der Waals surface area contributed by atoms with Crippen molar-refractivity contribution in [2.24, 2.45) is 5.73 Å². The molecule has 8 heteroatoms. The Bertz CT molecular complexity index is 973. The van der Waals surface area contributed by atoms with Crippen LogP contribution in [0.15, 0.2) is 35.7 Å². The van der Waals surface area contributed by atoms with Crippen LogP contribution < -0.4 is 11.1 Å². The number of benzene rings is 1. The molecule has 1 aromatic carbocycles. The van der Waals surface area contributed by atoms with Crippen LogP contribution in [0.1, 0.15) is 27.4 Å². The first-order chi connectivity index (χ1) is 12.3. The number of carbonyl (C=O) groups is 2. The van der Waals surface area contributed by atoms with Gasteiger partial charge in [0.1, 0.15) is 0 Å². The van der Waals surface area contributed by atoms with Gasteiger partial charge in [0.2, 0.25) is 5.91 Å². The van der Waals surface area contributed by atoms with Gasteiger partial charge in [0.05, 0.1) is 22.7 Å². The minimum atomic E-state index is -0.471. The van der Waals surface area contributed by atoms with E-state index in [9.17, 15) is 9.59 Å². The molecule has 0 spiro atoms. The number of nitrogens with zero attached hydrogens (tertiary/aromatic N) is 2. The predicted octanol–water partition coefficient (Wildman–Crippen LogP) is 3.48. The molecule has 26 heavy (non-hydrogen) atoms. The van der Waals surface area contributed by atoms with Crippen LogP contribution in [0, 0.1) is 13.8 Å². The minimum absolute atomic E-state index is 0.0365. The van der Waals surface area contributed by atoms with E-state index in [1.165, 1.54) is 11.3 Å². The van der Waals surface area contributed by atoms with Gasteiger partial charge in [0.15, 0.2) is 5.13 Å². The third-order valence-corrected chi connectivity index (χ3v) is 4.99. The summed E-state index contributed by atoms with van der Waals surface area (Å²) >= 11 is 7.45. The molecule has 134 valence electrons. The summed E-state index contributed by atoms with van der Waals surface area (Å²) in [6, 6.07) is 9.34. The predicted molar refractivity (Wildman–Crippen MR) is 103 cm³/mol. The highest BCUT2D eigenvalue weighted by Crippen LogP contribution is 2.24. The molecule has 0 bridgehead atoms. The molecule has 2 heterocycles. The zero-order chi connectivity index (χ0) is 18.8. The summed E-state index contributed by atoms with van der Waals surface area (Å²) < 4.78 is 2.04. The van der Waals surface area contributed by atoms with Crippen LogP contribution in [0.2, 0.25) is 5.02 Å². The number of nitrogens with one attached hydrogen (secondary N) is 1. The van der Waals surface area contributed by atoms with Gasteiger partial charge in [-0.3, -0.25) is 14.9 Å². The Labute approximate surface area is 159 Å². The van der Waals surface area contributed by atoms with E-state index < -0.39 is 5.91 Å². The third-order valence-electron chi connectivity index (χ3n) is 3.85. The second-order valence-corrected chi connectivity index (χ2v) is 7.12. The highest BCUT2D eigenvalue weighted by Gasteiger charge is 2.15. The second kappa shape index (κ2) is 7.31. The lowest BCUT2D eigenvalue weighted by Gasteiger charge is -2.12. The molecule has 0 aliphatic carbocycles.